The van der Waals surface area contributed by atoms with E-state index < -0.39 is 0 Å². The van der Waals surface area contributed by atoms with E-state index in [4.69, 9.17) is 20.8 Å². The lowest BCUT2D eigenvalue weighted by atomic mass is 10.1. The first-order valence-corrected chi connectivity index (χ1v) is 6.49. The molecule has 1 aromatic heterocycles. The Labute approximate surface area is 117 Å². The van der Waals surface area contributed by atoms with Crippen LogP contribution in [0.3, 0.4) is 0 Å². The van der Waals surface area contributed by atoms with Gasteiger partial charge < -0.3 is 14.5 Å². The molecular formula is C14H17ClN2O2. The monoisotopic (exact) mass is 280 g/mol. The third kappa shape index (κ3) is 3.80. The van der Waals surface area contributed by atoms with Gasteiger partial charge in [-0.2, -0.15) is 0 Å². The fourth-order valence-electron chi connectivity index (χ4n) is 1.69. The summed E-state index contributed by atoms with van der Waals surface area (Å²) in [7, 11) is 1.68. The van der Waals surface area contributed by atoms with Crippen LogP contribution in [0, 0.1) is 6.92 Å². The summed E-state index contributed by atoms with van der Waals surface area (Å²) in [4.78, 5) is 4.44. The lowest BCUT2D eigenvalue weighted by Crippen LogP contribution is -2.18. The number of methoxy groups -OCH3 is 1. The number of oxazole rings is 1. The Morgan fingerprint density at radius 2 is 2.26 bits per heavy atom. The number of aromatic nitrogens is 1. The number of aryl methyl sites for hydroxylation is 1. The summed E-state index contributed by atoms with van der Waals surface area (Å²) in [5.41, 5.74) is 2.82. The Bertz CT molecular complexity index is 540. The number of nitrogens with zero attached hydrogens (tertiary/aromatic N) is 1. The van der Waals surface area contributed by atoms with Crippen molar-refractivity contribution in [2.45, 2.75) is 13.5 Å². The zero-order valence-corrected chi connectivity index (χ0v) is 11.8. The third-order valence-electron chi connectivity index (χ3n) is 2.75. The summed E-state index contributed by atoms with van der Waals surface area (Å²) < 4.78 is 10.4. The van der Waals surface area contributed by atoms with Gasteiger partial charge in [0.05, 0.1) is 12.3 Å². The van der Waals surface area contributed by atoms with Crippen molar-refractivity contribution in [1.82, 2.24) is 10.3 Å². The molecule has 0 aliphatic carbocycles. The summed E-state index contributed by atoms with van der Waals surface area (Å²) >= 11 is 6.00. The van der Waals surface area contributed by atoms with Crippen molar-refractivity contribution in [3.05, 3.63) is 40.7 Å². The highest BCUT2D eigenvalue weighted by molar-refractivity contribution is 6.31. The second-order valence-electron chi connectivity index (χ2n) is 4.28. The largest absolute Gasteiger partial charge is 0.444 e. The molecule has 0 atom stereocenters. The smallest absolute Gasteiger partial charge is 0.226 e. The molecule has 0 aliphatic heterocycles. The summed E-state index contributed by atoms with van der Waals surface area (Å²) in [6, 6.07) is 5.73. The second kappa shape index (κ2) is 6.70. The number of halogens is 1. The zero-order chi connectivity index (χ0) is 13.7. The number of rotatable bonds is 6. The van der Waals surface area contributed by atoms with Crippen LogP contribution in [0.2, 0.25) is 5.02 Å². The van der Waals surface area contributed by atoms with Crippen LogP contribution in [0.4, 0.5) is 0 Å². The third-order valence-corrected chi connectivity index (χ3v) is 3.17. The van der Waals surface area contributed by atoms with E-state index in [2.05, 4.69) is 10.3 Å². The van der Waals surface area contributed by atoms with Gasteiger partial charge >= 0.3 is 0 Å². The van der Waals surface area contributed by atoms with Gasteiger partial charge in [-0.1, -0.05) is 11.6 Å². The van der Waals surface area contributed by atoms with E-state index in [0.717, 1.165) is 28.4 Å². The fourth-order valence-corrected chi connectivity index (χ4v) is 1.81. The molecule has 4 nitrogen and oxygen atoms in total. The van der Waals surface area contributed by atoms with Crippen molar-refractivity contribution < 1.29 is 9.15 Å². The summed E-state index contributed by atoms with van der Waals surface area (Å²) in [6.45, 7) is 4.10. The number of hydrogen-bond donors (Lipinski definition) is 1. The van der Waals surface area contributed by atoms with E-state index >= 15 is 0 Å². The van der Waals surface area contributed by atoms with Crippen LogP contribution >= 0.6 is 11.6 Å². The SMILES string of the molecule is COCCNCc1coc(-c2ccc(Cl)c(C)c2)n1. The molecule has 5 heteroatoms. The molecule has 0 bridgehead atoms. The van der Waals surface area contributed by atoms with Gasteiger partial charge in [-0.3, -0.25) is 0 Å². The van der Waals surface area contributed by atoms with Gasteiger partial charge in [0.1, 0.15) is 6.26 Å². The van der Waals surface area contributed by atoms with Crippen LogP contribution in [0.5, 0.6) is 0 Å². The minimum Gasteiger partial charge on any atom is -0.444 e. The lowest BCUT2D eigenvalue weighted by Gasteiger charge is -2.00. The number of hydrogen-bond acceptors (Lipinski definition) is 4. The van der Waals surface area contributed by atoms with Crippen LogP contribution in [-0.2, 0) is 11.3 Å². The molecule has 0 saturated carbocycles. The quantitative estimate of drug-likeness (QED) is 0.826. The standard InChI is InChI=1S/C14H17ClN2O2/c1-10-7-11(3-4-13(10)15)14-17-12(9-19-14)8-16-5-6-18-2/h3-4,7,9,16H,5-6,8H2,1-2H3. The van der Waals surface area contributed by atoms with E-state index in [9.17, 15) is 0 Å². The minimum atomic E-state index is 0.614. The molecule has 1 N–H and O–H groups in total. The van der Waals surface area contributed by atoms with Gasteiger partial charge in [0.15, 0.2) is 0 Å². The van der Waals surface area contributed by atoms with Crippen LogP contribution in [-0.4, -0.2) is 25.2 Å². The van der Waals surface area contributed by atoms with Gasteiger partial charge in [-0.05, 0) is 30.7 Å². The highest BCUT2D eigenvalue weighted by atomic mass is 35.5. The molecule has 0 saturated heterocycles. The first-order valence-electron chi connectivity index (χ1n) is 6.11. The van der Waals surface area contributed by atoms with Crippen molar-refractivity contribution in [2.75, 3.05) is 20.3 Å². The normalized spacial score (nSPS) is 10.9. The average molecular weight is 281 g/mol. The maximum absolute atomic E-state index is 6.00. The van der Waals surface area contributed by atoms with E-state index in [1.807, 2.05) is 25.1 Å². The van der Waals surface area contributed by atoms with Crippen LogP contribution in [0.1, 0.15) is 11.3 Å². The predicted octanol–water partition coefficient (Wildman–Crippen LogP) is 3.04. The summed E-state index contributed by atoms with van der Waals surface area (Å²) in [5, 5.41) is 3.97. The van der Waals surface area contributed by atoms with Crippen molar-refractivity contribution in [3.63, 3.8) is 0 Å². The van der Waals surface area contributed by atoms with E-state index in [-0.39, 0.29) is 0 Å². The molecule has 0 spiro atoms. The number of nitrogens with one attached hydrogen (secondary N) is 1. The van der Waals surface area contributed by atoms with E-state index in [1.165, 1.54) is 0 Å². The Kier molecular flexibility index (Phi) is 4.96. The Balaban J connectivity index is 2.01. The van der Waals surface area contributed by atoms with Gasteiger partial charge in [-0.15, -0.1) is 0 Å². The molecule has 1 aromatic carbocycles. The first kappa shape index (κ1) is 14.1. The van der Waals surface area contributed by atoms with Crippen LogP contribution in [0.25, 0.3) is 11.5 Å². The number of ether oxygens (including phenoxy) is 1. The molecule has 2 aromatic rings. The van der Waals surface area contributed by atoms with Gasteiger partial charge in [0.2, 0.25) is 5.89 Å². The van der Waals surface area contributed by atoms with Gasteiger partial charge in [0, 0.05) is 30.8 Å². The fraction of sp³-hybridized carbons (Fsp3) is 0.357. The van der Waals surface area contributed by atoms with Crippen molar-refractivity contribution in [2.24, 2.45) is 0 Å². The topological polar surface area (TPSA) is 47.3 Å². The first-order chi connectivity index (χ1) is 9.20. The van der Waals surface area contributed by atoms with Crippen molar-refractivity contribution in [3.8, 4) is 11.5 Å². The Morgan fingerprint density at radius 3 is 3.00 bits per heavy atom. The van der Waals surface area contributed by atoms with Crippen molar-refractivity contribution >= 4 is 11.6 Å². The lowest BCUT2D eigenvalue weighted by molar-refractivity contribution is 0.199. The molecule has 0 aliphatic rings. The maximum atomic E-state index is 6.00. The summed E-state index contributed by atoms with van der Waals surface area (Å²) in [6.07, 6.45) is 1.67. The number of benzene rings is 1. The van der Waals surface area contributed by atoms with Crippen LogP contribution < -0.4 is 5.32 Å². The highest BCUT2D eigenvalue weighted by Crippen LogP contribution is 2.24. The molecule has 102 valence electrons. The predicted molar refractivity (Wildman–Crippen MR) is 75.3 cm³/mol. The second-order valence-corrected chi connectivity index (χ2v) is 4.68. The Morgan fingerprint density at radius 1 is 1.42 bits per heavy atom. The molecular weight excluding hydrogens is 264 g/mol. The van der Waals surface area contributed by atoms with Gasteiger partial charge in [0.25, 0.3) is 0 Å². The summed E-state index contributed by atoms with van der Waals surface area (Å²) in [5.74, 6) is 0.614. The highest BCUT2D eigenvalue weighted by Gasteiger charge is 2.07. The minimum absolute atomic E-state index is 0.614. The zero-order valence-electron chi connectivity index (χ0n) is 11.1. The molecule has 0 radical (unpaired) electrons. The molecule has 0 fully saturated rings. The molecule has 19 heavy (non-hydrogen) atoms. The van der Waals surface area contributed by atoms with Crippen LogP contribution in [0.15, 0.2) is 28.9 Å². The van der Waals surface area contributed by atoms with E-state index in [0.29, 0.717) is 19.0 Å². The average Bonchev–Trinajstić information content (AvgIpc) is 2.87. The van der Waals surface area contributed by atoms with Crippen molar-refractivity contribution in [1.29, 1.82) is 0 Å². The van der Waals surface area contributed by atoms with Gasteiger partial charge in [-0.25, -0.2) is 4.98 Å². The molecule has 1 heterocycles. The molecule has 0 amide bonds. The molecule has 2 rings (SSSR count). The van der Waals surface area contributed by atoms with E-state index in [1.54, 1.807) is 13.4 Å². The molecule has 0 unspecified atom stereocenters. The Hall–Kier alpha value is -1.36. The maximum Gasteiger partial charge on any atom is 0.226 e.